The largest absolute Gasteiger partial charge is 0.369 e. The van der Waals surface area contributed by atoms with Crippen molar-refractivity contribution in [1.29, 1.82) is 0 Å². The van der Waals surface area contributed by atoms with E-state index in [-0.39, 0.29) is 5.41 Å². The van der Waals surface area contributed by atoms with Crippen LogP contribution in [-0.4, -0.2) is 40.8 Å². The molecule has 0 bridgehead atoms. The predicted octanol–water partition coefficient (Wildman–Crippen LogP) is 1.44. The third-order valence-corrected chi connectivity index (χ3v) is 3.47. The maximum Gasteiger partial charge on any atom is 0.157 e. The molecule has 1 saturated heterocycles. The highest BCUT2D eigenvalue weighted by molar-refractivity contribution is 5.56. The molecule has 0 atom stereocenters. The number of hydrogen-bond acceptors (Lipinski definition) is 4. The Morgan fingerprint density at radius 1 is 1.21 bits per heavy atom. The molecule has 0 saturated carbocycles. The van der Waals surface area contributed by atoms with Gasteiger partial charge in [0.15, 0.2) is 11.5 Å². The van der Waals surface area contributed by atoms with Gasteiger partial charge in [-0.05, 0) is 6.07 Å². The summed E-state index contributed by atoms with van der Waals surface area (Å²) in [7, 11) is 0. The SMILES string of the molecule is CC(C)(C)c1nc2cc(N3CCNCC3)ccn2n1. The second-order valence-corrected chi connectivity index (χ2v) is 6.11. The lowest BCUT2D eigenvalue weighted by Crippen LogP contribution is -2.43. The molecule has 1 N–H and O–H groups in total. The molecule has 1 aliphatic rings. The quantitative estimate of drug-likeness (QED) is 0.841. The van der Waals surface area contributed by atoms with Gasteiger partial charge in [0.25, 0.3) is 0 Å². The summed E-state index contributed by atoms with van der Waals surface area (Å²) in [5.74, 6) is 0.893. The summed E-state index contributed by atoms with van der Waals surface area (Å²) < 4.78 is 1.87. The van der Waals surface area contributed by atoms with E-state index in [9.17, 15) is 0 Å². The molecule has 5 heteroatoms. The average Bonchev–Trinajstić information content (AvgIpc) is 2.82. The number of hydrogen-bond donors (Lipinski definition) is 1. The molecule has 2 aromatic rings. The Kier molecular flexibility index (Phi) is 2.93. The summed E-state index contributed by atoms with van der Waals surface area (Å²) in [4.78, 5) is 7.04. The Balaban J connectivity index is 1.96. The highest BCUT2D eigenvalue weighted by Gasteiger charge is 2.20. The molecule has 0 unspecified atom stereocenters. The van der Waals surface area contributed by atoms with E-state index in [0.29, 0.717) is 0 Å². The number of pyridine rings is 1. The minimum absolute atomic E-state index is 0.0127. The van der Waals surface area contributed by atoms with Crippen LogP contribution in [0.2, 0.25) is 0 Å². The number of piperazine rings is 1. The van der Waals surface area contributed by atoms with Gasteiger partial charge in [-0.15, -0.1) is 0 Å². The summed E-state index contributed by atoms with van der Waals surface area (Å²) in [5.41, 5.74) is 2.16. The van der Waals surface area contributed by atoms with E-state index >= 15 is 0 Å². The molecule has 0 aliphatic carbocycles. The van der Waals surface area contributed by atoms with Gasteiger partial charge in [-0.3, -0.25) is 0 Å². The number of anilines is 1. The maximum absolute atomic E-state index is 4.65. The molecule has 0 aromatic carbocycles. The molecular formula is C14H21N5. The normalized spacial score (nSPS) is 17.1. The summed E-state index contributed by atoms with van der Waals surface area (Å²) in [6.07, 6.45) is 2.01. The predicted molar refractivity (Wildman–Crippen MR) is 76.8 cm³/mol. The molecule has 19 heavy (non-hydrogen) atoms. The van der Waals surface area contributed by atoms with Crippen LogP contribution in [0.5, 0.6) is 0 Å². The van der Waals surface area contributed by atoms with Gasteiger partial charge >= 0.3 is 0 Å². The van der Waals surface area contributed by atoms with Crippen LogP contribution in [0.4, 0.5) is 5.69 Å². The first-order valence-electron chi connectivity index (χ1n) is 6.87. The van der Waals surface area contributed by atoms with Crippen LogP contribution in [0.1, 0.15) is 26.6 Å². The molecule has 1 aliphatic heterocycles. The van der Waals surface area contributed by atoms with Gasteiger partial charge in [0.2, 0.25) is 0 Å². The van der Waals surface area contributed by atoms with Gasteiger partial charge in [0.05, 0.1) is 0 Å². The molecule has 2 aromatic heterocycles. The van der Waals surface area contributed by atoms with Gasteiger partial charge in [0, 0.05) is 49.5 Å². The Morgan fingerprint density at radius 3 is 2.63 bits per heavy atom. The monoisotopic (exact) mass is 259 g/mol. The lowest BCUT2D eigenvalue weighted by atomic mass is 9.96. The second-order valence-electron chi connectivity index (χ2n) is 6.11. The number of fused-ring (bicyclic) bond motifs is 1. The molecule has 3 heterocycles. The number of nitrogens with one attached hydrogen (secondary N) is 1. The van der Waals surface area contributed by atoms with Gasteiger partial charge in [0.1, 0.15) is 0 Å². The Bertz CT molecular complexity index is 575. The van der Waals surface area contributed by atoms with Crippen LogP contribution >= 0.6 is 0 Å². The highest BCUT2D eigenvalue weighted by atomic mass is 15.3. The highest BCUT2D eigenvalue weighted by Crippen LogP contribution is 2.21. The van der Waals surface area contributed by atoms with E-state index in [1.54, 1.807) is 0 Å². The number of nitrogens with zero attached hydrogens (tertiary/aromatic N) is 4. The van der Waals surface area contributed by atoms with Crippen molar-refractivity contribution in [2.45, 2.75) is 26.2 Å². The summed E-state index contributed by atoms with van der Waals surface area (Å²) in [5, 5.41) is 7.92. The van der Waals surface area contributed by atoms with Crippen LogP contribution in [0.25, 0.3) is 5.65 Å². The Morgan fingerprint density at radius 2 is 1.95 bits per heavy atom. The van der Waals surface area contributed by atoms with Crippen molar-refractivity contribution in [3.8, 4) is 0 Å². The maximum atomic E-state index is 4.65. The lowest BCUT2D eigenvalue weighted by Gasteiger charge is -2.29. The van der Waals surface area contributed by atoms with Crippen molar-refractivity contribution in [2.24, 2.45) is 0 Å². The minimum Gasteiger partial charge on any atom is -0.369 e. The van der Waals surface area contributed by atoms with E-state index in [1.165, 1.54) is 5.69 Å². The number of rotatable bonds is 1. The Labute approximate surface area is 113 Å². The second kappa shape index (κ2) is 4.49. The van der Waals surface area contributed by atoms with Gasteiger partial charge in [-0.1, -0.05) is 20.8 Å². The Hall–Kier alpha value is -1.62. The van der Waals surface area contributed by atoms with Crippen molar-refractivity contribution >= 4 is 11.3 Å². The smallest absolute Gasteiger partial charge is 0.157 e. The van der Waals surface area contributed by atoms with Gasteiger partial charge in [-0.25, -0.2) is 9.50 Å². The zero-order valence-electron chi connectivity index (χ0n) is 11.8. The molecule has 0 radical (unpaired) electrons. The minimum atomic E-state index is -0.0127. The molecule has 5 nitrogen and oxygen atoms in total. The summed E-state index contributed by atoms with van der Waals surface area (Å²) in [6.45, 7) is 10.6. The van der Waals surface area contributed by atoms with E-state index < -0.39 is 0 Å². The molecule has 1 fully saturated rings. The van der Waals surface area contributed by atoms with E-state index in [2.05, 4.69) is 53.2 Å². The fourth-order valence-corrected chi connectivity index (χ4v) is 2.31. The summed E-state index contributed by atoms with van der Waals surface area (Å²) >= 11 is 0. The molecule has 3 rings (SSSR count). The standard InChI is InChI=1S/C14H21N5/c1-14(2,3)13-16-12-10-11(4-7-19(12)17-13)18-8-5-15-6-9-18/h4,7,10,15H,5-6,8-9H2,1-3H3. The summed E-state index contributed by atoms with van der Waals surface area (Å²) in [6, 6.07) is 4.26. The molecule has 102 valence electrons. The topological polar surface area (TPSA) is 45.5 Å². The average molecular weight is 259 g/mol. The zero-order chi connectivity index (χ0) is 13.5. The van der Waals surface area contributed by atoms with Crippen molar-refractivity contribution in [3.05, 3.63) is 24.2 Å². The third kappa shape index (κ3) is 2.42. The van der Waals surface area contributed by atoms with E-state index in [1.807, 2.05) is 10.7 Å². The van der Waals surface area contributed by atoms with Crippen LogP contribution in [0.3, 0.4) is 0 Å². The van der Waals surface area contributed by atoms with Crippen LogP contribution in [0, 0.1) is 0 Å². The van der Waals surface area contributed by atoms with E-state index in [0.717, 1.165) is 37.7 Å². The third-order valence-electron chi connectivity index (χ3n) is 3.47. The van der Waals surface area contributed by atoms with Crippen molar-refractivity contribution < 1.29 is 0 Å². The first kappa shape index (κ1) is 12.4. The van der Waals surface area contributed by atoms with Crippen LogP contribution < -0.4 is 10.2 Å². The van der Waals surface area contributed by atoms with Gasteiger partial charge < -0.3 is 10.2 Å². The van der Waals surface area contributed by atoms with Crippen LogP contribution in [-0.2, 0) is 5.41 Å². The fourth-order valence-electron chi connectivity index (χ4n) is 2.31. The van der Waals surface area contributed by atoms with Gasteiger partial charge in [-0.2, -0.15) is 5.10 Å². The van der Waals surface area contributed by atoms with Crippen LogP contribution in [0.15, 0.2) is 18.3 Å². The first-order valence-corrected chi connectivity index (χ1v) is 6.87. The molecule has 0 spiro atoms. The molecular weight excluding hydrogens is 238 g/mol. The van der Waals surface area contributed by atoms with Crippen molar-refractivity contribution in [1.82, 2.24) is 19.9 Å². The van der Waals surface area contributed by atoms with E-state index in [4.69, 9.17) is 0 Å². The number of aromatic nitrogens is 3. The van der Waals surface area contributed by atoms with Crippen molar-refractivity contribution in [2.75, 3.05) is 31.1 Å². The first-order chi connectivity index (χ1) is 9.04. The zero-order valence-corrected chi connectivity index (χ0v) is 11.8. The lowest BCUT2D eigenvalue weighted by molar-refractivity contribution is 0.545. The molecule has 0 amide bonds. The van der Waals surface area contributed by atoms with Crippen molar-refractivity contribution in [3.63, 3.8) is 0 Å². The fraction of sp³-hybridized carbons (Fsp3) is 0.571.